The van der Waals surface area contributed by atoms with Crippen LogP contribution in [0.1, 0.15) is 65.2 Å². The fourth-order valence-electron chi connectivity index (χ4n) is 4.24. The van der Waals surface area contributed by atoms with E-state index in [4.69, 9.17) is 5.73 Å². The number of nitrogens with zero attached hydrogens (tertiary/aromatic N) is 1. The van der Waals surface area contributed by atoms with Crippen LogP contribution in [0.5, 0.6) is 0 Å². The summed E-state index contributed by atoms with van der Waals surface area (Å²) in [6, 6.07) is -0.374. The Balaban J connectivity index is 1.60. The second kappa shape index (κ2) is 11.0. The van der Waals surface area contributed by atoms with Gasteiger partial charge in [-0.1, -0.05) is 6.42 Å². The monoisotopic (exact) mass is 382 g/mol. The molecular weight excluding hydrogens is 344 g/mol. The highest BCUT2D eigenvalue weighted by Gasteiger charge is 2.28. The molecule has 7 heteroatoms. The van der Waals surface area contributed by atoms with Crippen molar-refractivity contribution in [1.82, 2.24) is 15.5 Å². The first-order valence-electron chi connectivity index (χ1n) is 10.6. The lowest BCUT2D eigenvalue weighted by molar-refractivity contribution is -0.128. The van der Waals surface area contributed by atoms with Gasteiger partial charge in [-0.3, -0.25) is 14.5 Å². The van der Waals surface area contributed by atoms with Crippen molar-refractivity contribution >= 4 is 11.8 Å². The van der Waals surface area contributed by atoms with E-state index in [1.54, 1.807) is 6.92 Å². The molecule has 0 radical (unpaired) electrons. The Kier molecular flexibility index (Phi) is 8.99. The molecule has 0 aromatic rings. The number of hydrogen-bond acceptors (Lipinski definition) is 5. The van der Waals surface area contributed by atoms with Crippen LogP contribution >= 0.6 is 0 Å². The van der Waals surface area contributed by atoms with Gasteiger partial charge in [-0.05, 0) is 71.4 Å². The fraction of sp³-hybridized carbons (Fsp3) is 0.900. The van der Waals surface area contributed by atoms with Gasteiger partial charge in [0, 0.05) is 25.0 Å². The maximum absolute atomic E-state index is 12.2. The maximum Gasteiger partial charge on any atom is 0.242 e. The maximum atomic E-state index is 12.2. The normalized spacial score (nSPS) is 28.5. The van der Waals surface area contributed by atoms with Gasteiger partial charge >= 0.3 is 0 Å². The predicted octanol–water partition coefficient (Wildman–Crippen LogP) is 0.750. The second-order valence-corrected chi connectivity index (χ2v) is 8.35. The highest BCUT2D eigenvalue weighted by molar-refractivity contribution is 5.87. The second-order valence-electron chi connectivity index (χ2n) is 8.35. The molecule has 156 valence electrons. The molecule has 5 atom stereocenters. The van der Waals surface area contributed by atoms with Gasteiger partial charge in [0.2, 0.25) is 11.8 Å². The van der Waals surface area contributed by atoms with Crippen LogP contribution in [-0.2, 0) is 9.59 Å². The lowest BCUT2D eigenvalue weighted by atomic mass is 9.80. The highest BCUT2D eigenvalue weighted by Crippen LogP contribution is 2.27. The smallest absolute Gasteiger partial charge is 0.242 e. The fourth-order valence-corrected chi connectivity index (χ4v) is 4.24. The first kappa shape index (κ1) is 22.1. The average Bonchev–Trinajstić information content (AvgIpc) is 3.17. The van der Waals surface area contributed by atoms with Crippen LogP contribution in [-0.4, -0.2) is 65.7 Å². The molecule has 0 aromatic carbocycles. The van der Waals surface area contributed by atoms with Gasteiger partial charge in [0.15, 0.2) is 0 Å². The third kappa shape index (κ3) is 7.05. The number of carbonyl (C=O) groups excluding carboxylic acids is 2. The van der Waals surface area contributed by atoms with E-state index < -0.39 is 12.1 Å². The third-order valence-corrected chi connectivity index (χ3v) is 6.15. The molecule has 2 aliphatic rings. The largest absolute Gasteiger partial charge is 0.392 e. The number of hydrogen-bond donors (Lipinski definition) is 4. The van der Waals surface area contributed by atoms with Crippen molar-refractivity contribution in [3.8, 4) is 0 Å². The zero-order valence-corrected chi connectivity index (χ0v) is 17.0. The van der Waals surface area contributed by atoms with Gasteiger partial charge in [0.1, 0.15) is 6.04 Å². The summed E-state index contributed by atoms with van der Waals surface area (Å²) >= 11 is 0. The molecule has 7 nitrogen and oxygen atoms in total. The number of aliphatic hydroxyl groups is 1. The zero-order valence-electron chi connectivity index (χ0n) is 17.0. The minimum atomic E-state index is -0.526. The molecule has 1 saturated heterocycles. The zero-order chi connectivity index (χ0) is 19.8. The molecule has 2 amide bonds. The number of rotatable bonds is 9. The molecule has 1 saturated carbocycles. The van der Waals surface area contributed by atoms with Crippen LogP contribution in [0.4, 0.5) is 0 Å². The van der Waals surface area contributed by atoms with E-state index in [1.165, 1.54) is 12.8 Å². The quantitative estimate of drug-likeness (QED) is 0.471. The summed E-state index contributed by atoms with van der Waals surface area (Å²) in [7, 11) is 0. The van der Waals surface area contributed by atoms with Crippen molar-refractivity contribution < 1.29 is 14.7 Å². The summed E-state index contributed by atoms with van der Waals surface area (Å²) in [5, 5.41) is 15.6. The molecule has 1 aliphatic carbocycles. The summed E-state index contributed by atoms with van der Waals surface area (Å²) in [5.41, 5.74) is 6.06. The van der Waals surface area contributed by atoms with Crippen molar-refractivity contribution in [2.75, 3.05) is 19.6 Å². The van der Waals surface area contributed by atoms with Gasteiger partial charge in [0.05, 0.1) is 6.10 Å². The van der Waals surface area contributed by atoms with Crippen molar-refractivity contribution in [2.24, 2.45) is 11.7 Å². The van der Waals surface area contributed by atoms with E-state index in [1.807, 2.05) is 0 Å². The number of likely N-dealkylation sites (tertiary alicyclic amines) is 1. The van der Waals surface area contributed by atoms with Crippen LogP contribution < -0.4 is 16.4 Å². The molecule has 27 heavy (non-hydrogen) atoms. The molecule has 2 rings (SSSR count). The lowest BCUT2D eigenvalue weighted by Gasteiger charge is -2.32. The minimum Gasteiger partial charge on any atom is -0.392 e. The van der Waals surface area contributed by atoms with Crippen LogP contribution in [0.3, 0.4) is 0 Å². The first-order valence-corrected chi connectivity index (χ1v) is 10.6. The molecule has 0 aromatic heterocycles. The standard InChI is InChI=1S/C20H38N4O3/c1-14(24-11-3-4-12-24)13-22-20(27)15(2)23-18(26)10-6-8-16-7-5-9-17(25)19(16)21/h14-17,19,25H,3-13,21H2,1-2H3,(H,22,27)(H,23,26)/t14?,15-,16?,17?,19+/m0/s1. The Morgan fingerprint density at radius 1 is 1.19 bits per heavy atom. The average molecular weight is 383 g/mol. The number of carbonyl (C=O) groups is 2. The summed E-state index contributed by atoms with van der Waals surface area (Å²) in [6.07, 6.45) is 6.82. The van der Waals surface area contributed by atoms with Gasteiger partial charge in [-0.25, -0.2) is 0 Å². The van der Waals surface area contributed by atoms with E-state index in [0.717, 1.165) is 45.2 Å². The van der Waals surface area contributed by atoms with Crippen molar-refractivity contribution in [3.05, 3.63) is 0 Å². The minimum absolute atomic E-state index is 0.102. The Bertz CT molecular complexity index is 482. The van der Waals surface area contributed by atoms with Gasteiger partial charge in [-0.2, -0.15) is 0 Å². The summed E-state index contributed by atoms with van der Waals surface area (Å²) in [6.45, 7) is 6.67. The van der Waals surface area contributed by atoms with Crippen LogP contribution in [0.25, 0.3) is 0 Å². The van der Waals surface area contributed by atoms with E-state index in [2.05, 4.69) is 22.5 Å². The molecule has 0 spiro atoms. The van der Waals surface area contributed by atoms with Crippen molar-refractivity contribution in [1.29, 1.82) is 0 Å². The summed E-state index contributed by atoms with van der Waals surface area (Å²) < 4.78 is 0. The Hall–Kier alpha value is -1.18. The SMILES string of the molecule is CC(CNC(=O)[C@H](C)NC(=O)CCCC1CCCC(O)[C@@H]1N)N1CCCC1. The van der Waals surface area contributed by atoms with Crippen molar-refractivity contribution in [2.45, 2.75) is 89.4 Å². The van der Waals surface area contributed by atoms with Gasteiger partial charge in [0.25, 0.3) is 0 Å². The van der Waals surface area contributed by atoms with E-state index in [0.29, 0.717) is 19.0 Å². The summed E-state index contributed by atoms with van der Waals surface area (Å²) in [5.74, 6) is 0.0522. The Morgan fingerprint density at radius 2 is 1.89 bits per heavy atom. The lowest BCUT2D eigenvalue weighted by Crippen LogP contribution is -2.48. The molecule has 0 bridgehead atoms. The van der Waals surface area contributed by atoms with Crippen LogP contribution in [0.2, 0.25) is 0 Å². The molecule has 1 aliphatic heterocycles. The molecule has 3 unspecified atom stereocenters. The molecule has 5 N–H and O–H groups in total. The first-order chi connectivity index (χ1) is 12.9. The van der Waals surface area contributed by atoms with Crippen molar-refractivity contribution in [3.63, 3.8) is 0 Å². The third-order valence-electron chi connectivity index (χ3n) is 6.15. The molecule has 1 heterocycles. The highest BCUT2D eigenvalue weighted by atomic mass is 16.3. The Morgan fingerprint density at radius 3 is 2.59 bits per heavy atom. The van der Waals surface area contributed by atoms with Crippen LogP contribution in [0.15, 0.2) is 0 Å². The van der Waals surface area contributed by atoms with E-state index in [9.17, 15) is 14.7 Å². The van der Waals surface area contributed by atoms with Gasteiger partial charge < -0.3 is 21.5 Å². The molecular formula is C20H38N4O3. The number of amides is 2. The number of nitrogens with two attached hydrogens (primary N) is 1. The van der Waals surface area contributed by atoms with E-state index >= 15 is 0 Å². The number of aliphatic hydroxyl groups excluding tert-OH is 1. The topological polar surface area (TPSA) is 108 Å². The number of nitrogens with one attached hydrogen (secondary N) is 2. The van der Waals surface area contributed by atoms with Crippen LogP contribution in [0, 0.1) is 5.92 Å². The Labute approximate surface area is 163 Å². The summed E-state index contributed by atoms with van der Waals surface area (Å²) in [4.78, 5) is 26.7. The molecule has 2 fully saturated rings. The predicted molar refractivity (Wildman–Crippen MR) is 106 cm³/mol. The van der Waals surface area contributed by atoms with E-state index in [-0.39, 0.29) is 23.8 Å². The van der Waals surface area contributed by atoms with Gasteiger partial charge in [-0.15, -0.1) is 0 Å².